The minimum atomic E-state index is -4.46. The zero-order valence-electron chi connectivity index (χ0n) is 13.3. The number of hydrogen-bond acceptors (Lipinski definition) is 2. The molecule has 0 atom stereocenters. The average Bonchev–Trinajstić information content (AvgIpc) is 3.05. The highest BCUT2D eigenvalue weighted by Crippen LogP contribution is 2.30. The Morgan fingerprint density at radius 3 is 2.58 bits per heavy atom. The summed E-state index contributed by atoms with van der Waals surface area (Å²) < 4.78 is 53.1. The van der Waals surface area contributed by atoms with E-state index in [0.717, 1.165) is 12.1 Å². The molecule has 1 heterocycles. The second-order valence-corrected chi connectivity index (χ2v) is 5.51. The third kappa shape index (κ3) is 4.08. The molecule has 3 rings (SSSR count). The van der Waals surface area contributed by atoms with Crippen molar-refractivity contribution in [1.29, 1.82) is 0 Å². The van der Waals surface area contributed by atoms with Crippen molar-refractivity contribution >= 4 is 11.7 Å². The number of nitrogens with one attached hydrogen (secondary N) is 1. The van der Waals surface area contributed by atoms with Gasteiger partial charge in [-0.05, 0) is 29.8 Å². The van der Waals surface area contributed by atoms with Crippen LogP contribution in [0.5, 0.6) is 0 Å². The molecule has 1 amide bonds. The minimum absolute atomic E-state index is 0.156. The predicted octanol–water partition coefficient (Wildman–Crippen LogP) is 4.21. The molecule has 3 aromatic rings. The fourth-order valence-corrected chi connectivity index (χ4v) is 2.36. The third-order valence-corrected chi connectivity index (χ3v) is 3.60. The van der Waals surface area contributed by atoms with Crippen molar-refractivity contribution in [2.24, 2.45) is 0 Å². The van der Waals surface area contributed by atoms with Crippen LogP contribution in [-0.4, -0.2) is 15.7 Å². The number of hydrogen-bond donors (Lipinski definition) is 1. The van der Waals surface area contributed by atoms with Crippen LogP contribution in [0.15, 0.2) is 60.8 Å². The van der Waals surface area contributed by atoms with Gasteiger partial charge in [0.15, 0.2) is 5.82 Å². The maximum absolute atomic E-state index is 13.6. The second-order valence-electron chi connectivity index (χ2n) is 5.51. The van der Waals surface area contributed by atoms with E-state index in [9.17, 15) is 22.4 Å². The monoisotopic (exact) mass is 363 g/mol. The lowest BCUT2D eigenvalue weighted by molar-refractivity contribution is -0.137. The van der Waals surface area contributed by atoms with E-state index in [4.69, 9.17) is 0 Å². The van der Waals surface area contributed by atoms with E-state index in [1.807, 2.05) is 0 Å². The van der Waals surface area contributed by atoms with E-state index in [-0.39, 0.29) is 23.5 Å². The van der Waals surface area contributed by atoms with Crippen molar-refractivity contribution in [3.63, 3.8) is 0 Å². The first kappa shape index (κ1) is 17.7. The van der Waals surface area contributed by atoms with E-state index in [0.29, 0.717) is 0 Å². The number of benzene rings is 2. The van der Waals surface area contributed by atoms with Crippen molar-refractivity contribution in [1.82, 2.24) is 9.78 Å². The van der Waals surface area contributed by atoms with Gasteiger partial charge in [-0.1, -0.05) is 24.3 Å². The maximum Gasteiger partial charge on any atom is 0.416 e. The first-order valence-corrected chi connectivity index (χ1v) is 7.59. The molecule has 2 aromatic carbocycles. The van der Waals surface area contributed by atoms with E-state index in [1.165, 1.54) is 47.3 Å². The van der Waals surface area contributed by atoms with Gasteiger partial charge in [-0.2, -0.15) is 18.3 Å². The molecule has 4 nitrogen and oxygen atoms in total. The summed E-state index contributed by atoms with van der Waals surface area (Å²) >= 11 is 0. The highest BCUT2D eigenvalue weighted by Gasteiger charge is 2.30. The Labute approximate surface area is 146 Å². The molecule has 0 fully saturated rings. The van der Waals surface area contributed by atoms with Crippen molar-refractivity contribution in [2.45, 2.75) is 12.6 Å². The van der Waals surface area contributed by atoms with Gasteiger partial charge in [0.2, 0.25) is 5.91 Å². The molecular formula is C18H13F4N3O. The van der Waals surface area contributed by atoms with Gasteiger partial charge in [0.05, 0.1) is 17.7 Å². The van der Waals surface area contributed by atoms with E-state index in [1.54, 1.807) is 6.07 Å². The van der Waals surface area contributed by atoms with Crippen LogP contribution in [0.4, 0.5) is 23.4 Å². The Bertz CT molecular complexity index is 934. The number of nitrogens with zero attached hydrogens (tertiary/aromatic N) is 2. The zero-order valence-corrected chi connectivity index (χ0v) is 13.3. The summed E-state index contributed by atoms with van der Waals surface area (Å²) in [5.41, 5.74) is -0.354. The molecule has 0 radical (unpaired) electrons. The van der Waals surface area contributed by atoms with Gasteiger partial charge in [0, 0.05) is 12.3 Å². The van der Waals surface area contributed by atoms with Gasteiger partial charge >= 0.3 is 6.18 Å². The van der Waals surface area contributed by atoms with Gasteiger partial charge < -0.3 is 5.32 Å². The number of carbonyl (C=O) groups is 1. The quantitative estimate of drug-likeness (QED) is 0.706. The van der Waals surface area contributed by atoms with Gasteiger partial charge in [0.1, 0.15) is 5.82 Å². The molecule has 0 spiro atoms. The summed E-state index contributed by atoms with van der Waals surface area (Å²) in [6, 6.07) is 12.0. The van der Waals surface area contributed by atoms with Gasteiger partial charge in [-0.3, -0.25) is 4.79 Å². The van der Waals surface area contributed by atoms with Gasteiger partial charge in [0.25, 0.3) is 0 Å². The lowest BCUT2D eigenvalue weighted by Crippen LogP contribution is -2.15. The Morgan fingerprint density at radius 1 is 1.08 bits per heavy atom. The van der Waals surface area contributed by atoms with Crippen molar-refractivity contribution in [3.05, 3.63) is 77.7 Å². The smallest absolute Gasteiger partial charge is 0.309 e. The van der Waals surface area contributed by atoms with Gasteiger partial charge in [-0.15, -0.1) is 0 Å². The molecule has 0 aliphatic heterocycles. The maximum atomic E-state index is 13.6. The molecule has 0 saturated carbocycles. The molecule has 1 aromatic heterocycles. The summed E-state index contributed by atoms with van der Waals surface area (Å²) in [6.07, 6.45) is -3.21. The first-order chi connectivity index (χ1) is 12.3. The van der Waals surface area contributed by atoms with Crippen LogP contribution in [0.25, 0.3) is 5.69 Å². The Hall–Kier alpha value is -3.16. The number of alkyl halides is 3. The van der Waals surface area contributed by atoms with E-state index in [2.05, 4.69) is 10.4 Å². The molecule has 26 heavy (non-hydrogen) atoms. The molecule has 0 aliphatic rings. The first-order valence-electron chi connectivity index (χ1n) is 7.59. The zero-order chi connectivity index (χ0) is 18.7. The summed E-state index contributed by atoms with van der Waals surface area (Å²) in [6.45, 7) is 0. The largest absolute Gasteiger partial charge is 0.416 e. The average molecular weight is 363 g/mol. The van der Waals surface area contributed by atoms with Crippen LogP contribution >= 0.6 is 0 Å². The number of aromatic nitrogens is 2. The van der Waals surface area contributed by atoms with Crippen LogP contribution in [0.3, 0.4) is 0 Å². The van der Waals surface area contributed by atoms with Crippen LogP contribution in [0.1, 0.15) is 11.1 Å². The standard InChI is InChI=1S/C18H13F4N3O/c19-15-7-2-1-4-12(15)10-17(26)23-16-8-9-25(24-16)14-6-3-5-13(11-14)18(20,21)22/h1-9,11H,10H2,(H,23,24,26). The molecule has 0 aliphatic carbocycles. The summed E-state index contributed by atoms with van der Waals surface area (Å²) in [7, 11) is 0. The number of carbonyl (C=O) groups excluding carboxylic acids is 1. The number of halogens is 4. The van der Waals surface area contributed by atoms with Crippen LogP contribution in [0.2, 0.25) is 0 Å². The van der Waals surface area contributed by atoms with Crippen LogP contribution in [-0.2, 0) is 17.4 Å². The van der Waals surface area contributed by atoms with Crippen molar-refractivity contribution < 1.29 is 22.4 Å². The fraction of sp³-hybridized carbons (Fsp3) is 0.111. The predicted molar refractivity (Wildman–Crippen MR) is 87.3 cm³/mol. The van der Waals surface area contributed by atoms with E-state index < -0.39 is 23.5 Å². The third-order valence-electron chi connectivity index (χ3n) is 3.60. The Morgan fingerprint density at radius 2 is 1.85 bits per heavy atom. The van der Waals surface area contributed by atoms with Crippen LogP contribution < -0.4 is 5.32 Å². The second kappa shape index (κ2) is 6.99. The molecule has 1 N–H and O–H groups in total. The van der Waals surface area contributed by atoms with Gasteiger partial charge in [-0.25, -0.2) is 9.07 Å². The molecular weight excluding hydrogens is 350 g/mol. The Balaban J connectivity index is 1.72. The highest BCUT2D eigenvalue weighted by molar-refractivity contribution is 5.91. The number of anilines is 1. The topological polar surface area (TPSA) is 46.9 Å². The lowest BCUT2D eigenvalue weighted by atomic mass is 10.1. The molecule has 0 saturated heterocycles. The minimum Gasteiger partial charge on any atom is -0.309 e. The summed E-state index contributed by atoms with van der Waals surface area (Å²) in [5.74, 6) is -0.815. The molecule has 0 bridgehead atoms. The van der Waals surface area contributed by atoms with E-state index >= 15 is 0 Å². The SMILES string of the molecule is O=C(Cc1ccccc1F)Nc1ccn(-c2cccc(C(F)(F)F)c2)n1. The molecule has 134 valence electrons. The Kier molecular flexibility index (Phi) is 4.75. The van der Waals surface area contributed by atoms with Crippen molar-refractivity contribution in [3.8, 4) is 5.69 Å². The lowest BCUT2D eigenvalue weighted by Gasteiger charge is -2.08. The van der Waals surface area contributed by atoms with Crippen LogP contribution in [0, 0.1) is 5.82 Å². The fourth-order valence-electron chi connectivity index (χ4n) is 2.36. The number of amides is 1. The molecule has 0 unspecified atom stereocenters. The molecule has 8 heteroatoms. The normalized spacial score (nSPS) is 11.4. The highest BCUT2D eigenvalue weighted by atomic mass is 19.4. The number of rotatable bonds is 4. The van der Waals surface area contributed by atoms with Crippen molar-refractivity contribution in [2.75, 3.05) is 5.32 Å². The summed E-state index contributed by atoms with van der Waals surface area (Å²) in [5, 5.41) is 6.52. The summed E-state index contributed by atoms with van der Waals surface area (Å²) in [4.78, 5) is 12.0.